The van der Waals surface area contributed by atoms with Crippen LogP contribution < -0.4 is 0 Å². The third-order valence-corrected chi connectivity index (χ3v) is 6.40. The minimum atomic E-state index is -0.858. The Morgan fingerprint density at radius 3 is 2.00 bits per heavy atom. The molecule has 5 nitrogen and oxygen atoms in total. The number of carbonyl (C=O) groups is 2. The van der Waals surface area contributed by atoms with Crippen LogP contribution in [0.4, 0.5) is 4.79 Å². The van der Waals surface area contributed by atoms with Crippen LogP contribution in [0.5, 0.6) is 0 Å². The van der Waals surface area contributed by atoms with Gasteiger partial charge in [0.25, 0.3) is 0 Å². The largest absolute Gasteiger partial charge is 0.481 e. The van der Waals surface area contributed by atoms with Crippen molar-refractivity contribution in [2.45, 2.75) is 11.8 Å². The molecule has 2 aliphatic rings. The van der Waals surface area contributed by atoms with Gasteiger partial charge in [-0.15, -0.1) is 0 Å². The molecule has 3 aromatic carbocycles. The van der Waals surface area contributed by atoms with Crippen molar-refractivity contribution in [3.05, 3.63) is 95.6 Å². The molecule has 0 aromatic heterocycles. The van der Waals surface area contributed by atoms with Crippen molar-refractivity contribution in [1.29, 1.82) is 0 Å². The summed E-state index contributed by atoms with van der Waals surface area (Å²) in [6.45, 7) is 1.06. The van der Waals surface area contributed by atoms with Crippen LogP contribution in [0.25, 0.3) is 11.1 Å². The molecular formula is C26H23NO4. The SMILES string of the molecule is O=C(O)C(c1ccccc1)C1CN(C(=O)OCC2c3ccccc3-c3ccccc32)C1. The number of hydrogen-bond acceptors (Lipinski definition) is 3. The van der Waals surface area contributed by atoms with E-state index in [0.29, 0.717) is 13.1 Å². The van der Waals surface area contributed by atoms with Crippen molar-refractivity contribution in [3.63, 3.8) is 0 Å². The molecule has 1 amide bonds. The maximum Gasteiger partial charge on any atom is 0.409 e. The number of fused-ring (bicyclic) bond motifs is 3. The summed E-state index contributed by atoms with van der Waals surface area (Å²) in [5.41, 5.74) is 5.50. The fourth-order valence-corrected chi connectivity index (χ4v) is 4.83. The number of carboxylic acid groups (broad SMARTS) is 1. The van der Waals surface area contributed by atoms with Gasteiger partial charge < -0.3 is 14.7 Å². The maximum atomic E-state index is 12.6. The number of nitrogens with zero attached hydrogens (tertiary/aromatic N) is 1. The molecule has 0 saturated carbocycles. The molecule has 5 rings (SSSR count). The Labute approximate surface area is 180 Å². The van der Waals surface area contributed by atoms with Crippen LogP contribution in [0.15, 0.2) is 78.9 Å². The van der Waals surface area contributed by atoms with Crippen molar-refractivity contribution < 1.29 is 19.4 Å². The fraction of sp³-hybridized carbons (Fsp3) is 0.231. The number of ether oxygens (including phenoxy) is 1. The molecule has 156 valence electrons. The lowest BCUT2D eigenvalue weighted by Gasteiger charge is -2.41. The van der Waals surface area contributed by atoms with E-state index in [-0.39, 0.29) is 24.5 Å². The zero-order chi connectivity index (χ0) is 21.4. The van der Waals surface area contributed by atoms with Gasteiger partial charge in [-0.3, -0.25) is 4.79 Å². The summed E-state index contributed by atoms with van der Waals surface area (Å²) >= 11 is 0. The lowest BCUT2D eigenvalue weighted by Crippen LogP contribution is -2.53. The van der Waals surface area contributed by atoms with Crippen LogP contribution in [0.3, 0.4) is 0 Å². The molecule has 1 aliphatic heterocycles. The van der Waals surface area contributed by atoms with Crippen LogP contribution in [-0.4, -0.2) is 41.8 Å². The smallest absolute Gasteiger partial charge is 0.409 e. The first-order valence-electron chi connectivity index (χ1n) is 10.5. The molecule has 31 heavy (non-hydrogen) atoms. The van der Waals surface area contributed by atoms with Gasteiger partial charge in [-0.05, 0) is 27.8 Å². The molecule has 5 heteroatoms. The Bertz CT molecular complexity index is 1080. The van der Waals surface area contributed by atoms with Crippen LogP contribution in [0.1, 0.15) is 28.5 Å². The van der Waals surface area contributed by atoms with Gasteiger partial charge in [-0.2, -0.15) is 0 Å². The van der Waals surface area contributed by atoms with Gasteiger partial charge in [-0.1, -0.05) is 78.9 Å². The summed E-state index contributed by atoms with van der Waals surface area (Å²) in [6, 6.07) is 25.7. The average molecular weight is 413 g/mol. The lowest BCUT2D eigenvalue weighted by molar-refractivity contribution is -0.141. The second kappa shape index (κ2) is 7.91. The van der Waals surface area contributed by atoms with Gasteiger partial charge >= 0.3 is 12.1 Å². The molecule has 1 saturated heterocycles. The molecule has 1 heterocycles. The molecule has 3 aromatic rings. The van der Waals surface area contributed by atoms with E-state index in [1.165, 1.54) is 22.3 Å². The molecule has 1 N–H and O–H groups in total. The molecule has 1 aliphatic carbocycles. The Morgan fingerprint density at radius 1 is 0.871 bits per heavy atom. The van der Waals surface area contributed by atoms with Gasteiger partial charge in [0.1, 0.15) is 6.61 Å². The molecule has 1 atom stereocenters. The monoisotopic (exact) mass is 413 g/mol. The zero-order valence-electron chi connectivity index (χ0n) is 17.0. The third kappa shape index (κ3) is 3.46. The predicted molar refractivity (Wildman–Crippen MR) is 117 cm³/mol. The van der Waals surface area contributed by atoms with Gasteiger partial charge in [0.15, 0.2) is 0 Å². The number of amides is 1. The van der Waals surface area contributed by atoms with Crippen molar-refractivity contribution in [1.82, 2.24) is 4.90 Å². The van der Waals surface area contributed by atoms with E-state index in [0.717, 1.165) is 5.56 Å². The number of rotatable bonds is 5. The average Bonchev–Trinajstić information content (AvgIpc) is 3.08. The van der Waals surface area contributed by atoms with Gasteiger partial charge in [0, 0.05) is 24.9 Å². The second-order valence-corrected chi connectivity index (χ2v) is 8.20. The van der Waals surface area contributed by atoms with Crippen LogP contribution in [-0.2, 0) is 9.53 Å². The van der Waals surface area contributed by atoms with Gasteiger partial charge in [0.05, 0.1) is 5.92 Å². The highest BCUT2D eigenvalue weighted by atomic mass is 16.6. The number of aliphatic carboxylic acids is 1. The maximum absolute atomic E-state index is 12.6. The molecule has 0 bridgehead atoms. The van der Waals surface area contributed by atoms with E-state index in [2.05, 4.69) is 24.3 Å². The van der Waals surface area contributed by atoms with Crippen molar-refractivity contribution in [3.8, 4) is 11.1 Å². The molecule has 1 fully saturated rings. The van der Waals surface area contributed by atoms with Crippen LogP contribution in [0.2, 0.25) is 0 Å². The van der Waals surface area contributed by atoms with Gasteiger partial charge in [0.2, 0.25) is 0 Å². The molecule has 0 spiro atoms. The van der Waals surface area contributed by atoms with Crippen molar-refractivity contribution >= 4 is 12.1 Å². The Kier molecular flexibility index (Phi) is 4.94. The Balaban J connectivity index is 1.23. The summed E-state index contributed by atoms with van der Waals surface area (Å²) < 4.78 is 5.68. The van der Waals surface area contributed by atoms with E-state index >= 15 is 0 Å². The summed E-state index contributed by atoms with van der Waals surface area (Å²) in [4.78, 5) is 26.0. The first kappa shape index (κ1) is 19.4. The summed E-state index contributed by atoms with van der Waals surface area (Å²) in [5.74, 6) is -1.56. The summed E-state index contributed by atoms with van der Waals surface area (Å²) in [5, 5.41) is 9.69. The molecular weight excluding hydrogens is 390 g/mol. The lowest BCUT2D eigenvalue weighted by atomic mass is 9.81. The predicted octanol–water partition coefficient (Wildman–Crippen LogP) is 4.74. The minimum absolute atomic E-state index is 0.0181. The van der Waals surface area contributed by atoms with E-state index in [9.17, 15) is 14.7 Å². The number of carboxylic acids is 1. The first-order chi connectivity index (χ1) is 15.1. The Hall–Kier alpha value is -3.60. The van der Waals surface area contributed by atoms with E-state index in [1.54, 1.807) is 4.90 Å². The minimum Gasteiger partial charge on any atom is -0.481 e. The molecule has 1 unspecified atom stereocenters. The zero-order valence-corrected chi connectivity index (χ0v) is 17.0. The second-order valence-electron chi connectivity index (χ2n) is 8.20. The van der Waals surface area contributed by atoms with Gasteiger partial charge in [-0.25, -0.2) is 4.79 Å². The topological polar surface area (TPSA) is 66.8 Å². The highest BCUT2D eigenvalue weighted by molar-refractivity contribution is 5.79. The Morgan fingerprint density at radius 2 is 1.42 bits per heavy atom. The normalized spacial score (nSPS) is 16.2. The fourth-order valence-electron chi connectivity index (χ4n) is 4.83. The number of benzene rings is 3. The quantitative estimate of drug-likeness (QED) is 0.656. The van der Waals surface area contributed by atoms with Crippen molar-refractivity contribution in [2.24, 2.45) is 5.92 Å². The van der Waals surface area contributed by atoms with E-state index < -0.39 is 11.9 Å². The summed E-state index contributed by atoms with van der Waals surface area (Å²) in [6.07, 6.45) is -0.379. The van der Waals surface area contributed by atoms with E-state index in [1.807, 2.05) is 54.6 Å². The first-order valence-corrected chi connectivity index (χ1v) is 10.5. The molecule has 0 radical (unpaired) electrons. The standard InChI is InChI=1S/C26H23NO4/c28-25(29)24(17-8-2-1-3-9-17)18-14-27(15-18)26(30)31-16-23-21-12-6-4-10-19(21)20-11-5-7-13-22(20)23/h1-13,18,23-24H,14-16H2,(H,28,29). The van der Waals surface area contributed by atoms with E-state index in [4.69, 9.17) is 4.74 Å². The highest BCUT2D eigenvalue weighted by Gasteiger charge is 2.41. The number of hydrogen-bond donors (Lipinski definition) is 1. The third-order valence-electron chi connectivity index (χ3n) is 6.40. The highest BCUT2D eigenvalue weighted by Crippen LogP contribution is 2.44. The van der Waals surface area contributed by atoms with Crippen LogP contribution in [0, 0.1) is 5.92 Å². The van der Waals surface area contributed by atoms with Crippen molar-refractivity contribution in [2.75, 3.05) is 19.7 Å². The summed E-state index contributed by atoms with van der Waals surface area (Å²) in [7, 11) is 0. The number of carbonyl (C=O) groups excluding carboxylic acids is 1. The van der Waals surface area contributed by atoms with Crippen LogP contribution >= 0.6 is 0 Å². The number of likely N-dealkylation sites (tertiary alicyclic amines) is 1.